The number of primary sulfonamides is 1. The number of anilines is 1. The van der Waals surface area contributed by atoms with Crippen LogP contribution in [0.5, 0.6) is 0 Å². The fourth-order valence-corrected chi connectivity index (χ4v) is 3.29. The summed E-state index contributed by atoms with van der Waals surface area (Å²) in [7, 11) is -4.00. The molecule has 1 fully saturated rings. The minimum Gasteiger partial charge on any atom is -0.370 e. The van der Waals surface area contributed by atoms with E-state index < -0.39 is 14.9 Å². The highest BCUT2D eigenvalue weighted by atomic mass is 32.2. The number of hydrogen-bond donors (Lipinski definition) is 1. The van der Waals surface area contributed by atoms with Gasteiger partial charge in [-0.05, 0) is 24.8 Å². The van der Waals surface area contributed by atoms with Gasteiger partial charge in [-0.25, -0.2) is 13.6 Å². The van der Waals surface area contributed by atoms with Crippen LogP contribution in [0.25, 0.3) is 0 Å². The van der Waals surface area contributed by atoms with E-state index in [1.54, 1.807) is 0 Å². The van der Waals surface area contributed by atoms with Crippen molar-refractivity contribution in [2.75, 3.05) is 18.0 Å². The number of nitrogens with zero attached hydrogens (tertiary/aromatic N) is 2. The average Bonchev–Trinajstić information content (AvgIpc) is 2.37. The molecule has 8 heteroatoms. The van der Waals surface area contributed by atoms with Crippen LogP contribution in [0.15, 0.2) is 23.1 Å². The predicted octanol–water partition coefficient (Wildman–Crippen LogP) is 1.48. The Morgan fingerprint density at radius 1 is 1.45 bits per heavy atom. The standard InChI is InChI=1S/C12H17N3O4S/c1-9-3-2-6-14(8-9)11-5-4-10(15(16)17)7-12(11)20(13,18)19/h4-5,7,9H,2-3,6,8H2,1H3,(H2,13,18,19)/t9-/m0/s1. The third-order valence-electron chi connectivity index (χ3n) is 3.46. The molecule has 0 saturated carbocycles. The molecule has 0 amide bonds. The second kappa shape index (κ2) is 5.37. The van der Waals surface area contributed by atoms with E-state index >= 15 is 0 Å². The van der Waals surface area contributed by atoms with Crippen molar-refractivity contribution < 1.29 is 13.3 Å². The van der Waals surface area contributed by atoms with Gasteiger partial charge in [-0.1, -0.05) is 6.92 Å². The monoisotopic (exact) mass is 299 g/mol. The minimum atomic E-state index is -4.00. The first kappa shape index (κ1) is 14.7. The fourth-order valence-electron chi connectivity index (χ4n) is 2.51. The maximum Gasteiger partial charge on any atom is 0.270 e. The lowest BCUT2D eigenvalue weighted by Gasteiger charge is -2.33. The Morgan fingerprint density at radius 3 is 2.70 bits per heavy atom. The lowest BCUT2D eigenvalue weighted by molar-refractivity contribution is -0.385. The van der Waals surface area contributed by atoms with Gasteiger partial charge in [-0.15, -0.1) is 0 Å². The molecule has 7 nitrogen and oxygen atoms in total. The van der Waals surface area contributed by atoms with Gasteiger partial charge >= 0.3 is 0 Å². The molecule has 0 spiro atoms. The molecule has 0 bridgehead atoms. The van der Waals surface area contributed by atoms with Crippen molar-refractivity contribution in [3.8, 4) is 0 Å². The van der Waals surface area contributed by atoms with Crippen molar-refractivity contribution in [2.45, 2.75) is 24.7 Å². The van der Waals surface area contributed by atoms with Gasteiger partial charge < -0.3 is 4.90 Å². The summed E-state index contributed by atoms with van der Waals surface area (Å²) in [6.07, 6.45) is 2.05. The number of nitro groups is 1. The van der Waals surface area contributed by atoms with E-state index in [0.717, 1.165) is 32.0 Å². The van der Waals surface area contributed by atoms with Crippen LogP contribution >= 0.6 is 0 Å². The molecule has 1 aliphatic heterocycles. The van der Waals surface area contributed by atoms with Gasteiger partial charge in [-0.3, -0.25) is 10.1 Å². The zero-order valence-electron chi connectivity index (χ0n) is 11.2. The molecule has 20 heavy (non-hydrogen) atoms. The molecule has 1 saturated heterocycles. The Hall–Kier alpha value is -1.67. The number of non-ortho nitro benzene ring substituents is 1. The highest BCUT2D eigenvalue weighted by molar-refractivity contribution is 7.89. The van der Waals surface area contributed by atoms with Crippen molar-refractivity contribution in [2.24, 2.45) is 11.1 Å². The lowest BCUT2D eigenvalue weighted by Crippen LogP contribution is -2.35. The summed E-state index contributed by atoms with van der Waals surface area (Å²) in [5.41, 5.74) is 0.174. The molecule has 1 aromatic rings. The van der Waals surface area contributed by atoms with Crippen molar-refractivity contribution in [1.29, 1.82) is 0 Å². The summed E-state index contributed by atoms with van der Waals surface area (Å²) >= 11 is 0. The van der Waals surface area contributed by atoms with E-state index in [9.17, 15) is 18.5 Å². The number of piperidine rings is 1. The Kier molecular flexibility index (Phi) is 3.96. The van der Waals surface area contributed by atoms with Crippen LogP contribution in [-0.4, -0.2) is 26.4 Å². The van der Waals surface area contributed by atoms with E-state index in [1.165, 1.54) is 12.1 Å². The largest absolute Gasteiger partial charge is 0.370 e. The minimum absolute atomic E-state index is 0.180. The number of nitro benzene ring substituents is 1. The van der Waals surface area contributed by atoms with Crippen LogP contribution in [0, 0.1) is 16.0 Å². The van der Waals surface area contributed by atoms with Gasteiger partial charge in [0, 0.05) is 25.2 Å². The van der Waals surface area contributed by atoms with Gasteiger partial charge in [0.05, 0.1) is 10.6 Å². The number of benzene rings is 1. The van der Waals surface area contributed by atoms with Gasteiger partial charge in [0.1, 0.15) is 4.90 Å². The first-order valence-corrected chi connectivity index (χ1v) is 7.90. The Morgan fingerprint density at radius 2 is 2.15 bits per heavy atom. The summed E-state index contributed by atoms with van der Waals surface area (Å²) in [6.45, 7) is 3.54. The molecular weight excluding hydrogens is 282 g/mol. The molecule has 1 aliphatic rings. The van der Waals surface area contributed by atoms with Crippen LogP contribution < -0.4 is 10.0 Å². The molecule has 1 aromatic carbocycles. The van der Waals surface area contributed by atoms with Crippen LogP contribution in [0.4, 0.5) is 11.4 Å². The number of nitrogens with two attached hydrogens (primary N) is 1. The van der Waals surface area contributed by atoms with Crippen LogP contribution in [0.3, 0.4) is 0 Å². The Bertz CT molecular complexity index is 630. The first-order chi connectivity index (χ1) is 9.29. The van der Waals surface area contributed by atoms with Crippen LogP contribution in [0.1, 0.15) is 19.8 Å². The van der Waals surface area contributed by atoms with Gasteiger partial charge in [0.25, 0.3) is 5.69 Å². The number of hydrogen-bond acceptors (Lipinski definition) is 5. The van der Waals surface area contributed by atoms with Crippen molar-refractivity contribution in [1.82, 2.24) is 0 Å². The van der Waals surface area contributed by atoms with E-state index in [2.05, 4.69) is 6.92 Å². The quantitative estimate of drug-likeness (QED) is 0.672. The molecule has 1 atom stereocenters. The molecule has 0 aromatic heterocycles. The molecule has 0 radical (unpaired) electrons. The second-order valence-corrected chi connectivity index (χ2v) is 6.68. The zero-order valence-corrected chi connectivity index (χ0v) is 12.0. The molecule has 2 N–H and O–H groups in total. The molecule has 110 valence electrons. The summed E-state index contributed by atoms with van der Waals surface area (Å²) in [6, 6.07) is 3.81. The SMILES string of the molecule is C[C@H]1CCCN(c2ccc([N+](=O)[O-])cc2S(N)(=O)=O)C1. The van der Waals surface area contributed by atoms with Gasteiger partial charge in [0.15, 0.2) is 0 Å². The number of rotatable bonds is 3. The molecule has 2 rings (SSSR count). The summed E-state index contributed by atoms with van der Waals surface area (Å²) in [5.74, 6) is 0.451. The van der Waals surface area contributed by atoms with E-state index in [4.69, 9.17) is 5.14 Å². The highest BCUT2D eigenvalue weighted by Gasteiger charge is 2.25. The smallest absolute Gasteiger partial charge is 0.270 e. The third kappa shape index (κ3) is 3.07. The Balaban J connectivity index is 2.49. The Labute approximate surface area is 117 Å². The second-order valence-electron chi connectivity index (χ2n) is 5.15. The van der Waals surface area contributed by atoms with E-state index in [0.29, 0.717) is 11.6 Å². The van der Waals surface area contributed by atoms with Crippen LogP contribution in [-0.2, 0) is 10.0 Å². The summed E-state index contributed by atoms with van der Waals surface area (Å²) < 4.78 is 23.4. The van der Waals surface area contributed by atoms with E-state index in [-0.39, 0.29) is 10.6 Å². The fraction of sp³-hybridized carbons (Fsp3) is 0.500. The maximum absolute atomic E-state index is 11.7. The zero-order chi connectivity index (χ0) is 14.9. The third-order valence-corrected chi connectivity index (χ3v) is 4.40. The molecular formula is C12H17N3O4S. The van der Waals surface area contributed by atoms with Crippen LogP contribution in [0.2, 0.25) is 0 Å². The summed E-state index contributed by atoms with van der Waals surface area (Å²) in [5, 5.41) is 16.0. The van der Waals surface area contributed by atoms with Crippen molar-refractivity contribution >= 4 is 21.4 Å². The maximum atomic E-state index is 11.7. The lowest BCUT2D eigenvalue weighted by atomic mass is 10.00. The number of sulfonamides is 1. The molecule has 0 aliphatic carbocycles. The first-order valence-electron chi connectivity index (χ1n) is 6.35. The predicted molar refractivity (Wildman–Crippen MR) is 75.1 cm³/mol. The molecule has 1 heterocycles. The van der Waals surface area contributed by atoms with Crippen molar-refractivity contribution in [3.05, 3.63) is 28.3 Å². The normalized spacial score (nSPS) is 19.9. The molecule has 0 unspecified atom stereocenters. The van der Waals surface area contributed by atoms with E-state index in [1.807, 2.05) is 4.90 Å². The van der Waals surface area contributed by atoms with Crippen molar-refractivity contribution in [3.63, 3.8) is 0 Å². The average molecular weight is 299 g/mol. The summed E-state index contributed by atoms with van der Waals surface area (Å²) in [4.78, 5) is 11.9. The topological polar surface area (TPSA) is 107 Å². The van der Waals surface area contributed by atoms with Gasteiger partial charge in [-0.2, -0.15) is 0 Å². The highest BCUT2D eigenvalue weighted by Crippen LogP contribution is 2.31. The van der Waals surface area contributed by atoms with Gasteiger partial charge in [0.2, 0.25) is 10.0 Å².